The zero-order valence-electron chi connectivity index (χ0n) is 6.60. The first kappa shape index (κ1) is 9.85. The lowest BCUT2D eigenvalue weighted by atomic mass is 10.1. The third kappa shape index (κ3) is 3.80. The van der Waals surface area contributed by atoms with Crippen LogP contribution in [-0.4, -0.2) is 31.0 Å². The van der Waals surface area contributed by atoms with Gasteiger partial charge >= 0.3 is 0 Å². The summed E-state index contributed by atoms with van der Waals surface area (Å²) in [5.74, 6) is 0.358. The molecule has 1 unspecified atom stereocenters. The van der Waals surface area contributed by atoms with E-state index in [1.54, 1.807) is 0 Å². The molecule has 3 heteroatoms. The topological polar surface area (TPSA) is 32.3 Å². The molecule has 62 valence electrons. The van der Waals surface area contributed by atoms with Gasteiger partial charge in [-0.1, -0.05) is 13.8 Å². The van der Waals surface area contributed by atoms with Gasteiger partial charge in [0.05, 0.1) is 6.61 Å². The van der Waals surface area contributed by atoms with Crippen molar-refractivity contribution in [2.75, 3.05) is 19.8 Å². The quantitative estimate of drug-likeness (QED) is 0.598. The third-order valence-electron chi connectivity index (χ3n) is 1.50. The summed E-state index contributed by atoms with van der Waals surface area (Å²) >= 11 is 0. The van der Waals surface area contributed by atoms with Crippen molar-refractivity contribution in [3.8, 4) is 0 Å². The second-order valence-corrected chi connectivity index (χ2v) is 2.68. The normalized spacial score (nSPS) is 14.1. The van der Waals surface area contributed by atoms with Gasteiger partial charge in [0.2, 0.25) is 0 Å². The Morgan fingerprint density at radius 2 is 2.10 bits per heavy atom. The Labute approximate surface area is 61.4 Å². The maximum Gasteiger partial charge on any atom is 0.102 e. The minimum Gasteiger partial charge on any atom is -0.395 e. The number of hydrogen-bond donors (Lipinski definition) is 2. The summed E-state index contributed by atoms with van der Waals surface area (Å²) in [5.41, 5.74) is 0. The molecule has 0 fully saturated rings. The van der Waals surface area contributed by atoms with Crippen LogP contribution in [0.1, 0.15) is 13.8 Å². The van der Waals surface area contributed by atoms with E-state index in [9.17, 15) is 4.39 Å². The zero-order chi connectivity index (χ0) is 7.98. The largest absolute Gasteiger partial charge is 0.395 e. The molecule has 1 atom stereocenters. The van der Waals surface area contributed by atoms with Gasteiger partial charge in [-0.15, -0.1) is 0 Å². The fourth-order valence-electron chi connectivity index (χ4n) is 0.751. The molecule has 2 nitrogen and oxygen atoms in total. The molecule has 0 heterocycles. The molecule has 0 aromatic rings. The van der Waals surface area contributed by atoms with Crippen LogP contribution >= 0.6 is 0 Å². The Morgan fingerprint density at radius 1 is 1.50 bits per heavy atom. The lowest BCUT2D eigenvalue weighted by molar-refractivity contribution is 0.208. The smallest absolute Gasteiger partial charge is 0.102 e. The molecule has 0 aliphatic rings. The summed E-state index contributed by atoms with van der Waals surface area (Å²) in [5, 5.41) is 11.6. The fourth-order valence-corrected chi connectivity index (χ4v) is 0.751. The molecule has 2 N–H and O–H groups in total. The van der Waals surface area contributed by atoms with Crippen LogP contribution in [0.3, 0.4) is 0 Å². The molecule has 0 spiro atoms. The van der Waals surface area contributed by atoms with Crippen LogP contribution in [0.25, 0.3) is 0 Å². The highest BCUT2D eigenvalue weighted by Crippen LogP contribution is 1.98. The second-order valence-electron chi connectivity index (χ2n) is 2.68. The maximum atomic E-state index is 11.6. The van der Waals surface area contributed by atoms with Crippen LogP contribution in [0.15, 0.2) is 0 Å². The van der Waals surface area contributed by atoms with Crippen molar-refractivity contribution >= 4 is 0 Å². The summed E-state index contributed by atoms with van der Waals surface area (Å²) in [4.78, 5) is 0. The minimum atomic E-state index is -0.372. The Morgan fingerprint density at radius 3 is 2.40 bits per heavy atom. The molecule has 0 radical (unpaired) electrons. The Bertz CT molecular complexity index is 78.0. The van der Waals surface area contributed by atoms with Crippen LogP contribution < -0.4 is 5.32 Å². The van der Waals surface area contributed by atoms with E-state index in [0.29, 0.717) is 12.5 Å². The van der Waals surface area contributed by atoms with Crippen molar-refractivity contribution in [1.82, 2.24) is 5.32 Å². The van der Waals surface area contributed by atoms with Crippen LogP contribution in [0, 0.1) is 5.92 Å². The molecule has 0 bridgehead atoms. The molecule has 0 aromatic carbocycles. The lowest BCUT2D eigenvalue weighted by Gasteiger charge is -2.18. The number of alkyl halides is 1. The molecular formula is C7H16FNO. The monoisotopic (exact) mass is 149 g/mol. The van der Waals surface area contributed by atoms with E-state index >= 15 is 0 Å². The van der Waals surface area contributed by atoms with E-state index < -0.39 is 0 Å². The van der Waals surface area contributed by atoms with Crippen molar-refractivity contribution in [2.45, 2.75) is 19.9 Å². The Balaban J connectivity index is 3.40. The highest BCUT2D eigenvalue weighted by molar-refractivity contribution is 4.68. The Kier molecular flexibility index (Phi) is 5.54. The van der Waals surface area contributed by atoms with E-state index in [1.807, 2.05) is 13.8 Å². The van der Waals surface area contributed by atoms with Crippen LogP contribution in [0.4, 0.5) is 4.39 Å². The molecular weight excluding hydrogens is 133 g/mol. The van der Waals surface area contributed by atoms with Crippen molar-refractivity contribution in [3.63, 3.8) is 0 Å². The average Bonchev–Trinajstić information content (AvgIpc) is 1.89. The van der Waals surface area contributed by atoms with E-state index in [4.69, 9.17) is 5.11 Å². The summed E-state index contributed by atoms with van der Waals surface area (Å²) in [6, 6.07) is 0.0377. The van der Waals surface area contributed by atoms with Gasteiger partial charge in [0.25, 0.3) is 0 Å². The van der Waals surface area contributed by atoms with Gasteiger partial charge in [-0.25, -0.2) is 4.39 Å². The van der Waals surface area contributed by atoms with Gasteiger partial charge in [0, 0.05) is 12.6 Å². The standard InChI is InChI=1S/C7H16FNO/c1-6(2)7(5-10)9-4-3-8/h6-7,9-10H,3-5H2,1-2H3. The summed E-state index contributed by atoms with van der Waals surface area (Å²) in [6.45, 7) is 4.03. The summed E-state index contributed by atoms with van der Waals surface area (Å²) in [6.07, 6.45) is 0. The Hall–Kier alpha value is -0.150. The highest BCUT2D eigenvalue weighted by Gasteiger charge is 2.09. The molecule has 0 saturated carbocycles. The third-order valence-corrected chi connectivity index (χ3v) is 1.50. The van der Waals surface area contributed by atoms with Crippen LogP contribution in [-0.2, 0) is 0 Å². The fraction of sp³-hybridized carbons (Fsp3) is 1.00. The molecule has 0 amide bonds. The molecule has 0 aliphatic carbocycles. The summed E-state index contributed by atoms with van der Waals surface area (Å²) < 4.78 is 11.6. The predicted molar refractivity (Wildman–Crippen MR) is 39.7 cm³/mol. The molecule has 0 rings (SSSR count). The number of nitrogens with one attached hydrogen (secondary N) is 1. The number of aliphatic hydroxyl groups is 1. The maximum absolute atomic E-state index is 11.6. The number of aliphatic hydroxyl groups excluding tert-OH is 1. The number of rotatable bonds is 5. The lowest BCUT2D eigenvalue weighted by Crippen LogP contribution is -2.38. The number of hydrogen-bond acceptors (Lipinski definition) is 2. The number of halogens is 1. The molecule has 0 aliphatic heterocycles. The predicted octanol–water partition coefficient (Wildman–Crippen LogP) is 0.562. The van der Waals surface area contributed by atoms with Gasteiger partial charge in [-0.2, -0.15) is 0 Å². The molecule has 10 heavy (non-hydrogen) atoms. The van der Waals surface area contributed by atoms with E-state index in [1.165, 1.54) is 0 Å². The van der Waals surface area contributed by atoms with E-state index in [0.717, 1.165) is 0 Å². The van der Waals surface area contributed by atoms with Gasteiger partial charge in [-0.3, -0.25) is 0 Å². The van der Waals surface area contributed by atoms with Crippen LogP contribution in [0.5, 0.6) is 0 Å². The van der Waals surface area contributed by atoms with Crippen molar-refractivity contribution in [2.24, 2.45) is 5.92 Å². The first-order valence-corrected chi connectivity index (χ1v) is 3.62. The zero-order valence-corrected chi connectivity index (χ0v) is 6.60. The van der Waals surface area contributed by atoms with E-state index in [-0.39, 0.29) is 19.3 Å². The minimum absolute atomic E-state index is 0.0377. The van der Waals surface area contributed by atoms with Crippen molar-refractivity contribution in [3.05, 3.63) is 0 Å². The highest BCUT2D eigenvalue weighted by atomic mass is 19.1. The van der Waals surface area contributed by atoms with E-state index in [2.05, 4.69) is 5.32 Å². The molecule has 0 aromatic heterocycles. The van der Waals surface area contributed by atoms with Crippen LogP contribution in [0.2, 0.25) is 0 Å². The SMILES string of the molecule is CC(C)C(CO)NCCF. The summed E-state index contributed by atoms with van der Waals surface area (Å²) in [7, 11) is 0. The first-order chi connectivity index (χ1) is 4.72. The van der Waals surface area contributed by atoms with Crippen molar-refractivity contribution in [1.29, 1.82) is 0 Å². The second kappa shape index (κ2) is 5.62. The van der Waals surface area contributed by atoms with Gasteiger partial charge in [-0.05, 0) is 5.92 Å². The average molecular weight is 149 g/mol. The van der Waals surface area contributed by atoms with Gasteiger partial charge < -0.3 is 10.4 Å². The first-order valence-electron chi connectivity index (χ1n) is 3.62. The van der Waals surface area contributed by atoms with Gasteiger partial charge in [0.15, 0.2) is 0 Å². The van der Waals surface area contributed by atoms with Crippen molar-refractivity contribution < 1.29 is 9.50 Å². The van der Waals surface area contributed by atoms with Gasteiger partial charge in [0.1, 0.15) is 6.67 Å². The molecule has 0 saturated heterocycles.